The Balaban J connectivity index is 2.74. The zero-order chi connectivity index (χ0) is 13.3. The second-order valence-corrected chi connectivity index (χ2v) is 5.37. The first-order valence-corrected chi connectivity index (χ1v) is 7.65. The summed E-state index contributed by atoms with van der Waals surface area (Å²) in [7, 11) is 1.79. The van der Waals surface area contributed by atoms with Gasteiger partial charge in [0, 0.05) is 13.7 Å². The van der Waals surface area contributed by atoms with Crippen LogP contribution in [0.15, 0.2) is 0 Å². The van der Waals surface area contributed by atoms with Gasteiger partial charge >= 0.3 is 0 Å². The molecule has 1 fully saturated rings. The van der Waals surface area contributed by atoms with E-state index in [2.05, 4.69) is 19.2 Å². The van der Waals surface area contributed by atoms with Crippen LogP contribution >= 0.6 is 0 Å². The third-order valence-corrected chi connectivity index (χ3v) is 3.99. The van der Waals surface area contributed by atoms with Crippen LogP contribution in [0, 0.1) is 0 Å². The van der Waals surface area contributed by atoms with Crippen molar-refractivity contribution < 1.29 is 9.47 Å². The summed E-state index contributed by atoms with van der Waals surface area (Å²) in [6.07, 6.45) is 8.77. The highest BCUT2D eigenvalue weighted by Crippen LogP contribution is 2.33. The zero-order valence-electron chi connectivity index (χ0n) is 12.5. The first-order chi connectivity index (χ1) is 8.79. The van der Waals surface area contributed by atoms with E-state index in [0.29, 0.717) is 6.04 Å². The van der Waals surface area contributed by atoms with Gasteiger partial charge in [-0.2, -0.15) is 0 Å². The molecular weight excluding hydrogens is 226 g/mol. The van der Waals surface area contributed by atoms with Crippen molar-refractivity contribution in [3.63, 3.8) is 0 Å². The van der Waals surface area contributed by atoms with Crippen LogP contribution in [-0.4, -0.2) is 38.5 Å². The molecule has 1 aliphatic carbocycles. The largest absolute Gasteiger partial charge is 0.383 e. The Morgan fingerprint density at radius 1 is 1.11 bits per heavy atom. The molecule has 3 heteroatoms. The van der Waals surface area contributed by atoms with Crippen LogP contribution in [0.2, 0.25) is 0 Å². The fraction of sp³-hybridized carbons (Fsp3) is 1.00. The van der Waals surface area contributed by atoms with E-state index in [-0.39, 0.29) is 5.60 Å². The lowest BCUT2D eigenvalue weighted by Gasteiger charge is -2.40. The normalized spacial score (nSPS) is 21.5. The summed E-state index contributed by atoms with van der Waals surface area (Å²) >= 11 is 0. The molecule has 1 saturated carbocycles. The van der Waals surface area contributed by atoms with Crippen molar-refractivity contribution in [1.29, 1.82) is 0 Å². The third-order valence-electron chi connectivity index (χ3n) is 3.99. The Kier molecular flexibility index (Phi) is 7.87. The average molecular weight is 257 g/mol. The van der Waals surface area contributed by atoms with Crippen molar-refractivity contribution in [3.8, 4) is 0 Å². The maximum atomic E-state index is 6.22. The summed E-state index contributed by atoms with van der Waals surface area (Å²) in [6.45, 7) is 6.91. The summed E-state index contributed by atoms with van der Waals surface area (Å²) in [5, 5.41) is 3.64. The van der Waals surface area contributed by atoms with Gasteiger partial charge in [0.1, 0.15) is 0 Å². The molecule has 18 heavy (non-hydrogen) atoms. The molecule has 0 saturated heterocycles. The van der Waals surface area contributed by atoms with E-state index in [4.69, 9.17) is 9.47 Å². The van der Waals surface area contributed by atoms with Gasteiger partial charge in [-0.05, 0) is 32.7 Å². The molecule has 0 spiro atoms. The minimum atomic E-state index is -0.00354. The van der Waals surface area contributed by atoms with Gasteiger partial charge in [0.25, 0.3) is 0 Å². The van der Waals surface area contributed by atoms with E-state index in [9.17, 15) is 0 Å². The predicted molar refractivity (Wildman–Crippen MR) is 76.0 cm³/mol. The topological polar surface area (TPSA) is 30.5 Å². The van der Waals surface area contributed by atoms with E-state index >= 15 is 0 Å². The highest BCUT2D eigenvalue weighted by atomic mass is 16.5. The molecule has 0 bridgehead atoms. The number of rotatable bonds is 8. The molecule has 0 aromatic carbocycles. The van der Waals surface area contributed by atoms with Crippen LogP contribution in [-0.2, 0) is 9.47 Å². The Labute approximate surface area is 113 Å². The highest BCUT2D eigenvalue weighted by molar-refractivity contribution is 4.94. The highest BCUT2D eigenvalue weighted by Gasteiger charge is 2.39. The Bertz CT molecular complexity index is 201. The second kappa shape index (κ2) is 8.89. The number of ether oxygens (including phenoxy) is 2. The summed E-state index contributed by atoms with van der Waals surface area (Å²) in [6, 6.07) is 0.334. The molecule has 1 unspecified atom stereocenters. The van der Waals surface area contributed by atoms with Crippen molar-refractivity contribution in [1.82, 2.24) is 5.32 Å². The van der Waals surface area contributed by atoms with Crippen molar-refractivity contribution in [2.75, 3.05) is 26.9 Å². The molecule has 0 radical (unpaired) electrons. The lowest BCUT2D eigenvalue weighted by Crippen LogP contribution is -2.55. The molecular formula is C15H31NO2. The minimum absolute atomic E-state index is 0.00354. The molecule has 3 nitrogen and oxygen atoms in total. The van der Waals surface area contributed by atoms with E-state index in [1.807, 2.05) is 0 Å². The Morgan fingerprint density at radius 2 is 1.78 bits per heavy atom. The quantitative estimate of drug-likeness (QED) is 0.678. The van der Waals surface area contributed by atoms with Gasteiger partial charge in [-0.25, -0.2) is 0 Å². The number of nitrogens with one attached hydrogen (secondary N) is 1. The zero-order valence-corrected chi connectivity index (χ0v) is 12.5. The molecule has 0 heterocycles. The molecule has 0 aromatic heterocycles. The van der Waals surface area contributed by atoms with Crippen LogP contribution in [0.4, 0.5) is 0 Å². The van der Waals surface area contributed by atoms with Crippen molar-refractivity contribution in [2.45, 2.75) is 70.4 Å². The van der Waals surface area contributed by atoms with Crippen LogP contribution < -0.4 is 5.32 Å². The van der Waals surface area contributed by atoms with E-state index < -0.39 is 0 Å². The van der Waals surface area contributed by atoms with Gasteiger partial charge in [0.05, 0.1) is 18.2 Å². The SMILES string of the molecule is CCCNC(COC)C1(OCC)CCCCCC1. The summed E-state index contributed by atoms with van der Waals surface area (Å²) in [5.41, 5.74) is -0.00354. The van der Waals surface area contributed by atoms with Crippen LogP contribution in [0.3, 0.4) is 0 Å². The Hall–Kier alpha value is -0.120. The first kappa shape index (κ1) is 15.9. The molecule has 1 N–H and O–H groups in total. The monoisotopic (exact) mass is 257 g/mol. The lowest BCUT2D eigenvalue weighted by atomic mass is 9.86. The first-order valence-electron chi connectivity index (χ1n) is 7.65. The maximum absolute atomic E-state index is 6.22. The molecule has 108 valence electrons. The third kappa shape index (κ3) is 4.52. The summed E-state index contributed by atoms with van der Waals surface area (Å²) in [4.78, 5) is 0. The van der Waals surface area contributed by atoms with Gasteiger partial charge in [0.15, 0.2) is 0 Å². The average Bonchev–Trinajstić information content (AvgIpc) is 2.61. The number of hydrogen-bond donors (Lipinski definition) is 1. The minimum Gasteiger partial charge on any atom is -0.383 e. The second-order valence-electron chi connectivity index (χ2n) is 5.37. The van der Waals surface area contributed by atoms with Gasteiger partial charge in [-0.1, -0.05) is 32.6 Å². The van der Waals surface area contributed by atoms with Gasteiger partial charge in [0.2, 0.25) is 0 Å². The summed E-state index contributed by atoms with van der Waals surface area (Å²) in [5.74, 6) is 0. The molecule has 0 aliphatic heterocycles. The predicted octanol–water partition coefficient (Wildman–Crippen LogP) is 3.13. The van der Waals surface area contributed by atoms with Crippen LogP contribution in [0.1, 0.15) is 58.8 Å². The van der Waals surface area contributed by atoms with Gasteiger partial charge in [-0.15, -0.1) is 0 Å². The van der Waals surface area contributed by atoms with E-state index in [1.54, 1.807) is 7.11 Å². The van der Waals surface area contributed by atoms with Crippen molar-refractivity contribution in [3.05, 3.63) is 0 Å². The molecule has 1 aliphatic rings. The lowest BCUT2D eigenvalue weighted by molar-refractivity contribution is -0.0904. The standard InChI is InChI=1S/C15H31NO2/c1-4-12-16-14(13-17-3)15(18-5-2)10-8-6-7-9-11-15/h14,16H,4-13H2,1-3H3. The van der Waals surface area contributed by atoms with Crippen LogP contribution in [0.5, 0.6) is 0 Å². The fourth-order valence-corrected chi connectivity index (χ4v) is 3.09. The van der Waals surface area contributed by atoms with Gasteiger partial charge < -0.3 is 14.8 Å². The molecule has 1 rings (SSSR count). The van der Waals surface area contributed by atoms with E-state index in [1.165, 1.54) is 38.5 Å². The smallest absolute Gasteiger partial charge is 0.0857 e. The fourth-order valence-electron chi connectivity index (χ4n) is 3.09. The number of methoxy groups -OCH3 is 1. The van der Waals surface area contributed by atoms with Crippen LogP contribution in [0.25, 0.3) is 0 Å². The van der Waals surface area contributed by atoms with Gasteiger partial charge in [-0.3, -0.25) is 0 Å². The number of hydrogen-bond acceptors (Lipinski definition) is 3. The maximum Gasteiger partial charge on any atom is 0.0857 e. The summed E-state index contributed by atoms with van der Waals surface area (Å²) < 4.78 is 11.6. The van der Waals surface area contributed by atoms with Crippen molar-refractivity contribution in [2.24, 2.45) is 0 Å². The molecule has 1 atom stereocenters. The molecule has 0 amide bonds. The molecule has 0 aromatic rings. The van der Waals surface area contributed by atoms with Crippen molar-refractivity contribution >= 4 is 0 Å². The Morgan fingerprint density at radius 3 is 2.28 bits per heavy atom. The van der Waals surface area contributed by atoms with E-state index in [0.717, 1.165) is 26.2 Å².